The molecule has 0 saturated heterocycles. The Morgan fingerprint density at radius 3 is 2.71 bits per heavy atom. The highest BCUT2D eigenvalue weighted by atomic mass is 16.4. The predicted molar refractivity (Wildman–Crippen MR) is 78.2 cm³/mol. The Labute approximate surface area is 123 Å². The number of amides is 2. The lowest BCUT2D eigenvalue weighted by Crippen LogP contribution is -2.31. The van der Waals surface area contributed by atoms with Crippen LogP contribution in [0, 0.1) is 0 Å². The van der Waals surface area contributed by atoms with Crippen LogP contribution in [0.3, 0.4) is 0 Å². The standard InChI is InChI=1S/C14H20N4O3/c19-13(20)8-11-4-5-12(9-17-11)18-14(21)16-7-1-6-15-10-2-3-10/h4-5,9-10,15H,1-3,6-8H2,(H,19,20)(H2,16,18,21). The summed E-state index contributed by atoms with van der Waals surface area (Å²) < 4.78 is 0. The first-order chi connectivity index (χ1) is 10.1. The molecule has 7 nitrogen and oxygen atoms in total. The van der Waals surface area contributed by atoms with Crippen molar-refractivity contribution in [2.45, 2.75) is 31.7 Å². The molecule has 1 fully saturated rings. The summed E-state index contributed by atoms with van der Waals surface area (Å²) in [6.45, 7) is 1.52. The van der Waals surface area contributed by atoms with Crippen LogP contribution in [-0.2, 0) is 11.2 Å². The lowest BCUT2D eigenvalue weighted by molar-refractivity contribution is -0.136. The number of carbonyl (C=O) groups excluding carboxylic acids is 1. The molecule has 7 heteroatoms. The highest BCUT2D eigenvalue weighted by molar-refractivity contribution is 5.88. The summed E-state index contributed by atoms with van der Waals surface area (Å²) in [5, 5.41) is 17.4. The molecule has 1 aliphatic rings. The van der Waals surface area contributed by atoms with E-state index in [9.17, 15) is 9.59 Å². The van der Waals surface area contributed by atoms with E-state index in [0.29, 0.717) is 24.0 Å². The van der Waals surface area contributed by atoms with Crippen molar-refractivity contribution in [1.82, 2.24) is 15.6 Å². The summed E-state index contributed by atoms with van der Waals surface area (Å²) in [4.78, 5) is 26.1. The van der Waals surface area contributed by atoms with Gasteiger partial charge in [0.1, 0.15) is 0 Å². The molecule has 0 bridgehead atoms. The molecule has 2 amide bonds. The number of carboxylic acids is 1. The highest BCUT2D eigenvalue weighted by Crippen LogP contribution is 2.18. The normalized spacial score (nSPS) is 13.7. The van der Waals surface area contributed by atoms with Crippen molar-refractivity contribution >= 4 is 17.7 Å². The molecule has 1 aromatic rings. The minimum Gasteiger partial charge on any atom is -0.481 e. The van der Waals surface area contributed by atoms with Crippen molar-refractivity contribution in [3.8, 4) is 0 Å². The van der Waals surface area contributed by atoms with Gasteiger partial charge in [0, 0.05) is 12.6 Å². The third-order valence-electron chi connectivity index (χ3n) is 3.06. The number of aromatic nitrogens is 1. The van der Waals surface area contributed by atoms with Crippen LogP contribution < -0.4 is 16.0 Å². The van der Waals surface area contributed by atoms with Crippen LogP contribution in [0.1, 0.15) is 25.0 Å². The first-order valence-corrected chi connectivity index (χ1v) is 7.08. The number of urea groups is 1. The smallest absolute Gasteiger partial charge is 0.319 e. The SMILES string of the molecule is O=C(O)Cc1ccc(NC(=O)NCCCNC2CC2)cn1. The van der Waals surface area contributed by atoms with Gasteiger partial charge in [0.05, 0.1) is 24.0 Å². The second-order valence-corrected chi connectivity index (χ2v) is 5.07. The van der Waals surface area contributed by atoms with E-state index >= 15 is 0 Å². The topological polar surface area (TPSA) is 103 Å². The summed E-state index contributed by atoms with van der Waals surface area (Å²) in [5.74, 6) is -0.930. The Hall–Kier alpha value is -2.15. The van der Waals surface area contributed by atoms with Gasteiger partial charge in [0.25, 0.3) is 0 Å². The van der Waals surface area contributed by atoms with Gasteiger partial charge in [-0.2, -0.15) is 0 Å². The maximum atomic E-state index is 11.6. The molecule has 0 radical (unpaired) electrons. The third kappa shape index (κ3) is 6.22. The van der Waals surface area contributed by atoms with Gasteiger partial charge in [0.15, 0.2) is 0 Å². The van der Waals surface area contributed by atoms with Gasteiger partial charge in [-0.15, -0.1) is 0 Å². The van der Waals surface area contributed by atoms with E-state index < -0.39 is 5.97 Å². The second kappa shape index (κ2) is 7.58. The average Bonchev–Trinajstić information content (AvgIpc) is 3.24. The first kappa shape index (κ1) is 15.2. The lowest BCUT2D eigenvalue weighted by Gasteiger charge is -2.08. The molecule has 0 unspecified atom stereocenters. The summed E-state index contributed by atoms with van der Waals surface area (Å²) in [5.41, 5.74) is 0.998. The molecular weight excluding hydrogens is 272 g/mol. The fourth-order valence-corrected chi connectivity index (χ4v) is 1.82. The van der Waals surface area contributed by atoms with Gasteiger partial charge in [-0.3, -0.25) is 9.78 Å². The number of carboxylic acid groups (broad SMARTS) is 1. The van der Waals surface area contributed by atoms with Crippen LogP contribution in [0.2, 0.25) is 0 Å². The Bertz CT molecular complexity index is 485. The molecule has 21 heavy (non-hydrogen) atoms. The Kier molecular flexibility index (Phi) is 5.51. The molecule has 1 heterocycles. The van der Waals surface area contributed by atoms with Gasteiger partial charge < -0.3 is 21.1 Å². The van der Waals surface area contributed by atoms with Crippen molar-refractivity contribution < 1.29 is 14.7 Å². The number of carbonyl (C=O) groups is 2. The number of nitrogens with zero attached hydrogens (tertiary/aromatic N) is 1. The Morgan fingerprint density at radius 1 is 1.29 bits per heavy atom. The number of hydrogen-bond acceptors (Lipinski definition) is 4. The second-order valence-electron chi connectivity index (χ2n) is 5.07. The molecule has 1 saturated carbocycles. The maximum absolute atomic E-state index is 11.6. The van der Waals surface area contributed by atoms with Crippen LogP contribution in [0.25, 0.3) is 0 Å². The highest BCUT2D eigenvalue weighted by Gasteiger charge is 2.19. The number of rotatable bonds is 8. The molecule has 0 aliphatic heterocycles. The molecule has 4 N–H and O–H groups in total. The van der Waals surface area contributed by atoms with Crippen LogP contribution in [0.4, 0.5) is 10.5 Å². The van der Waals surface area contributed by atoms with Gasteiger partial charge in [-0.05, 0) is 37.9 Å². The molecule has 2 rings (SSSR count). The predicted octanol–water partition coefficient (Wildman–Crippen LogP) is 0.972. The maximum Gasteiger partial charge on any atom is 0.319 e. The number of anilines is 1. The molecule has 114 valence electrons. The fourth-order valence-electron chi connectivity index (χ4n) is 1.82. The van der Waals surface area contributed by atoms with E-state index in [2.05, 4.69) is 20.9 Å². The summed E-state index contributed by atoms with van der Waals surface area (Å²) in [6.07, 6.45) is 4.74. The van der Waals surface area contributed by atoms with Gasteiger partial charge in [0.2, 0.25) is 0 Å². The molecule has 0 spiro atoms. The quantitative estimate of drug-likeness (QED) is 0.535. The van der Waals surface area contributed by atoms with E-state index in [1.807, 2.05) is 0 Å². The van der Waals surface area contributed by atoms with E-state index in [0.717, 1.165) is 13.0 Å². The zero-order chi connectivity index (χ0) is 15.1. The zero-order valence-corrected chi connectivity index (χ0v) is 11.8. The van der Waals surface area contributed by atoms with Gasteiger partial charge >= 0.3 is 12.0 Å². The van der Waals surface area contributed by atoms with Crippen LogP contribution >= 0.6 is 0 Å². The number of hydrogen-bond donors (Lipinski definition) is 4. The van der Waals surface area contributed by atoms with Crippen molar-refractivity contribution in [2.75, 3.05) is 18.4 Å². The van der Waals surface area contributed by atoms with E-state index in [1.165, 1.54) is 19.0 Å². The Morgan fingerprint density at radius 2 is 2.10 bits per heavy atom. The van der Waals surface area contributed by atoms with Gasteiger partial charge in [-0.1, -0.05) is 0 Å². The summed E-state index contributed by atoms with van der Waals surface area (Å²) in [7, 11) is 0. The van der Waals surface area contributed by atoms with Crippen molar-refractivity contribution in [3.63, 3.8) is 0 Å². The van der Waals surface area contributed by atoms with E-state index in [-0.39, 0.29) is 12.5 Å². The van der Waals surface area contributed by atoms with Crippen molar-refractivity contribution in [3.05, 3.63) is 24.0 Å². The van der Waals surface area contributed by atoms with E-state index in [1.54, 1.807) is 12.1 Å². The van der Waals surface area contributed by atoms with Crippen molar-refractivity contribution in [1.29, 1.82) is 0 Å². The van der Waals surface area contributed by atoms with Crippen LogP contribution in [0.5, 0.6) is 0 Å². The number of nitrogens with one attached hydrogen (secondary N) is 3. The Balaban J connectivity index is 1.63. The van der Waals surface area contributed by atoms with Crippen LogP contribution in [0.15, 0.2) is 18.3 Å². The average molecular weight is 292 g/mol. The minimum absolute atomic E-state index is 0.125. The van der Waals surface area contributed by atoms with E-state index in [4.69, 9.17) is 5.11 Å². The number of pyridine rings is 1. The molecule has 0 atom stereocenters. The molecule has 0 aromatic carbocycles. The summed E-state index contributed by atoms with van der Waals surface area (Å²) >= 11 is 0. The lowest BCUT2D eigenvalue weighted by atomic mass is 10.2. The van der Waals surface area contributed by atoms with Crippen LogP contribution in [-0.4, -0.2) is 41.2 Å². The molecule has 1 aromatic heterocycles. The summed E-state index contributed by atoms with van der Waals surface area (Å²) in [6, 6.07) is 3.63. The number of aliphatic carboxylic acids is 1. The first-order valence-electron chi connectivity index (χ1n) is 7.08. The fraction of sp³-hybridized carbons (Fsp3) is 0.500. The molecule has 1 aliphatic carbocycles. The largest absolute Gasteiger partial charge is 0.481 e. The minimum atomic E-state index is -0.930. The van der Waals surface area contributed by atoms with Crippen molar-refractivity contribution in [2.24, 2.45) is 0 Å². The zero-order valence-electron chi connectivity index (χ0n) is 11.8. The third-order valence-corrected chi connectivity index (χ3v) is 3.06. The van der Waals surface area contributed by atoms with Gasteiger partial charge in [-0.25, -0.2) is 4.79 Å². The monoisotopic (exact) mass is 292 g/mol. The molecular formula is C14H20N4O3.